The van der Waals surface area contributed by atoms with E-state index in [0.717, 1.165) is 41.7 Å². The van der Waals surface area contributed by atoms with Crippen molar-refractivity contribution in [3.8, 4) is 11.5 Å². The summed E-state index contributed by atoms with van der Waals surface area (Å²) in [7, 11) is 3.37. The van der Waals surface area contributed by atoms with Crippen molar-refractivity contribution in [2.45, 2.75) is 51.5 Å². The highest BCUT2D eigenvalue weighted by molar-refractivity contribution is 5.41. The predicted octanol–water partition coefficient (Wildman–Crippen LogP) is 4.09. The van der Waals surface area contributed by atoms with Crippen molar-refractivity contribution in [1.82, 2.24) is 0 Å². The SMILES string of the molecule is COc1cc(OC)cc(C2(N)CCCC(C(C)C)CC2)c1. The summed E-state index contributed by atoms with van der Waals surface area (Å²) in [5.41, 5.74) is 7.66. The number of hydrogen-bond acceptors (Lipinski definition) is 3. The summed E-state index contributed by atoms with van der Waals surface area (Å²) < 4.78 is 10.8. The lowest BCUT2D eigenvalue weighted by atomic mass is 9.82. The Morgan fingerprint density at radius 2 is 1.67 bits per heavy atom. The van der Waals surface area contributed by atoms with Crippen LogP contribution in [0.5, 0.6) is 11.5 Å². The molecule has 0 aromatic heterocycles. The van der Waals surface area contributed by atoms with Crippen LogP contribution in [0.15, 0.2) is 18.2 Å². The maximum absolute atomic E-state index is 6.78. The van der Waals surface area contributed by atoms with E-state index in [2.05, 4.69) is 26.0 Å². The fraction of sp³-hybridized carbons (Fsp3) is 0.667. The second kappa shape index (κ2) is 6.69. The molecule has 2 unspecified atom stereocenters. The second-order valence-electron chi connectivity index (χ2n) is 6.69. The number of methoxy groups -OCH3 is 2. The molecule has 2 atom stereocenters. The molecule has 0 bridgehead atoms. The quantitative estimate of drug-likeness (QED) is 0.850. The summed E-state index contributed by atoms with van der Waals surface area (Å²) in [5.74, 6) is 3.17. The van der Waals surface area contributed by atoms with E-state index >= 15 is 0 Å². The highest BCUT2D eigenvalue weighted by Gasteiger charge is 2.32. The molecule has 21 heavy (non-hydrogen) atoms. The highest BCUT2D eigenvalue weighted by atomic mass is 16.5. The van der Waals surface area contributed by atoms with Gasteiger partial charge in [-0.1, -0.05) is 26.7 Å². The molecule has 0 amide bonds. The maximum Gasteiger partial charge on any atom is 0.122 e. The molecule has 0 radical (unpaired) electrons. The largest absolute Gasteiger partial charge is 0.497 e. The molecule has 1 aliphatic carbocycles. The van der Waals surface area contributed by atoms with Crippen LogP contribution in [0, 0.1) is 11.8 Å². The van der Waals surface area contributed by atoms with E-state index in [-0.39, 0.29) is 5.54 Å². The monoisotopic (exact) mass is 291 g/mol. The molecule has 1 aromatic carbocycles. The van der Waals surface area contributed by atoms with Gasteiger partial charge in [-0.15, -0.1) is 0 Å². The molecular weight excluding hydrogens is 262 g/mol. The van der Waals surface area contributed by atoms with E-state index in [1.54, 1.807) is 14.2 Å². The van der Waals surface area contributed by atoms with Gasteiger partial charge >= 0.3 is 0 Å². The Balaban J connectivity index is 2.26. The fourth-order valence-corrected chi connectivity index (χ4v) is 3.44. The molecule has 0 spiro atoms. The van der Waals surface area contributed by atoms with E-state index < -0.39 is 0 Å². The molecule has 1 saturated carbocycles. The van der Waals surface area contributed by atoms with Crippen molar-refractivity contribution in [1.29, 1.82) is 0 Å². The third-order valence-electron chi connectivity index (χ3n) is 5.03. The van der Waals surface area contributed by atoms with Crippen molar-refractivity contribution in [2.75, 3.05) is 14.2 Å². The molecular formula is C18H29NO2. The topological polar surface area (TPSA) is 44.5 Å². The molecule has 1 aliphatic rings. The first-order valence-corrected chi connectivity index (χ1v) is 8.01. The first kappa shape index (κ1) is 16.2. The molecule has 0 aliphatic heterocycles. The van der Waals surface area contributed by atoms with E-state index in [9.17, 15) is 0 Å². The molecule has 0 saturated heterocycles. The van der Waals surface area contributed by atoms with E-state index in [1.165, 1.54) is 19.3 Å². The minimum absolute atomic E-state index is 0.258. The lowest BCUT2D eigenvalue weighted by Crippen LogP contribution is -2.36. The van der Waals surface area contributed by atoms with Crippen LogP contribution in [0.1, 0.15) is 51.5 Å². The zero-order valence-electron chi connectivity index (χ0n) is 13.8. The Morgan fingerprint density at radius 3 is 2.19 bits per heavy atom. The van der Waals surface area contributed by atoms with Gasteiger partial charge in [0.1, 0.15) is 11.5 Å². The summed E-state index contributed by atoms with van der Waals surface area (Å²) in [6.07, 6.45) is 5.75. The molecule has 2 N–H and O–H groups in total. The first-order chi connectivity index (χ1) is 9.98. The fourth-order valence-electron chi connectivity index (χ4n) is 3.44. The van der Waals surface area contributed by atoms with Gasteiger partial charge in [0.25, 0.3) is 0 Å². The average molecular weight is 291 g/mol. The number of hydrogen-bond donors (Lipinski definition) is 1. The standard InChI is InChI=1S/C18H29NO2/c1-13(2)14-6-5-8-18(19,9-7-14)15-10-16(20-3)12-17(11-15)21-4/h10-14H,5-9,19H2,1-4H3. The third-order valence-corrected chi connectivity index (χ3v) is 5.03. The summed E-state index contributed by atoms with van der Waals surface area (Å²) in [4.78, 5) is 0. The smallest absolute Gasteiger partial charge is 0.122 e. The minimum atomic E-state index is -0.258. The van der Waals surface area contributed by atoms with Gasteiger partial charge in [0.15, 0.2) is 0 Å². The zero-order valence-corrected chi connectivity index (χ0v) is 13.8. The van der Waals surface area contributed by atoms with Crippen LogP contribution in [0.2, 0.25) is 0 Å². The van der Waals surface area contributed by atoms with Crippen molar-refractivity contribution in [3.63, 3.8) is 0 Å². The second-order valence-corrected chi connectivity index (χ2v) is 6.69. The molecule has 1 fully saturated rings. The van der Waals surface area contributed by atoms with Crippen molar-refractivity contribution >= 4 is 0 Å². The molecule has 2 rings (SSSR count). The third kappa shape index (κ3) is 3.70. The average Bonchev–Trinajstić information content (AvgIpc) is 2.69. The van der Waals surface area contributed by atoms with Crippen LogP contribution in [0.25, 0.3) is 0 Å². The summed E-state index contributed by atoms with van der Waals surface area (Å²) in [6, 6.07) is 6.04. The summed E-state index contributed by atoms with van der Waals surface area (Å²) >= 11 is 0. The number of nitrogens with two attached hydrogens (primary N) is 1. The Hall–Kier alpha value is -1.22. The van der Waals surface area contributed by atoms with Crippen LogP contribution in [-0.2, 0) is 5.54 Å². The lowest BCUT2D eigenvalue weighted by molar-refractivity contribution is 0.323. The zero-order chi connectivity index (χ0) is 15.5. The van der Waals surface area contributed by atoms with Gasteiger partial charge in [-0.3, -0.25) is 0 Å². The highest BCUT2D eigenvalue weighted by Crippen LogP contribution is 2.40. The van der Waals surface area contributed by atoms with Gasteiger partial charge in [-0.05, 0) is 48.8 Å². The van der Waals surface area contributed by atoms with Gasteiger partial charge in [-0.25, -0.2) is 0 Å². The Morgan fingerprint density at radius 1 is 1.05 bits per heavy atom. The Kier molecular flexibility index (Phi) is 5.15. The first-order valence-electron chi connectivity index (χ1n) is 8.01. The van der Waals surface area contributed by atoms with Gasteiger partial charge in [0, 0.05) is 11.6 Å². The van der Waals surface area contributed by atoms with Crippen LogP contribution in [0.3, 0.4) is 0 Å². The van der Waals surface area contributed by atoms with Gasteiger partial charge in [-0.2, -0.15) is 0 Å². The summed E-state index contributed by atoms with van der Waals surface area (Å²) in [5, 5.41) is 0. The summed E-state index contributed by atoms with van der Waals surface area (Å²) in [6.45, 7) is 4.64. The van der Waals surface area contributed by atoms with Crippen molar-refractivity contribution < 1.29 is 9.47 Å². The lowest BCUT2D eigenvalue weighted by Gasteiger charge is -2.30. The van der Waals surface area contributed by atoms with E-state index in [1.807, 2.05) is 6.07 Å². The number of rotatable bonds is 4. The van der Waals surface area contributed by atoms with Crippen molar-refractivity contribution in [3.05, 3.63) is 23.8 Å². The molecule has 118 valence electrons. The van der Waals surface area contributed by atoms with Crippen LogP contribution in [0.4, 0.5) is 0 Å². The molecule has 3 nitrogen and oxygen atoms in total. The normalized spacial score (nSPS) is 26.5. The van der Waals surface area contributed by atoms with Gasteiger partial charge in [0.05, 0.1) is 14.2 Å². The van der Waals surface area contributed by atoms with Crippen LogP contribution < -0.4 is 15.2 Å². The molecule has 3 heteroatoms. The Bertz CT molecular complexity index is 450. The number of ether oxygens (including phenoxy) is 2. The number of benzene rings is 1. The minimum Gasteiger partial charge on any atom is -0.497 e. The van der Waals surface area contributed by atoms with Crippen LogP contribution in [-0.4, -0.2) is 14.2 Å². The van der Waals surface area contributed by atoms with E-state index in [4.69, 9.17) is 15.2 Å². The van der Waals surface area contributed by atoms with Crippen LogP contribution >= 0.6 is 0 Å². The van der Waals surface area contributed by atoms with Crippen molar-refractivity contribution in [2.24, 2.45) is 17.6 Å². The molecule has 1 aromatic rings. The predicted molar refractivity (Wildman–Crippen MR) is 86.8 cm³/mol. The molecule has 0 heterocycles. The Labute approximate surface area is 128 Å². The van der Waals surface area contributed by atoms with E-state index in [0.29, 0.717) is 0 Å². The maximum atomic E-state index is 6.78. The van der Waals surface area contributed by atoms with Gasteiger partial charge < -0.3 is 15.2 Å². The van der Waals surface area contributed by atoms with Gasteiger partial charge in [0.2, 0.25) is 0 Å².